The molecule has 3 aromatic rings. The Morgan fingerprint density at radius 2 is 1.77 bits per heavy atom. The molecular formula is C25H25ClN2O3. The third-order valence-electron chi connectivity index (χ3n) is 5.37. The zero-order chi connectivity index (χ0) is 21.8. The fourth-order valence-corrected chi connectivity index (χ4v) is 4.05. The van der Waals surface area contributed by atoms with Gasteiger partial charge in [-0.05, 0) is 48.9 Å². The predicted octanol–water partition coefficient (Wildman–Crippen LogP) is 5.68. The molecule has 0 saturated carbocycles. The van der Waals surface area contributed by atoms with E-state index in [1.165, 1.54) is 0 Å². The van der Waals surface area contributed by atoms with E-state index in [4.69, 9.17) is 26.1 Å². The van der Waals surface area contributed by atoms with E-state index in [2.05, 4.69) is 5.32 Å². The van der Waals surface area contributed by atoms with Gasteiger partial charge in [0, 0.05) is 34.3 Å². The lowest BCUT2D eigenvalue weighted by Crippen LogP contribution is -2.33. The maximum absolute atomic E-state index is 10.9. The largest absolute Gasteiger partial charge is 0.504 e. The number of methoxy groups -OCH3 is 1. The molecule has 6 heteroatoms. The van der Waals surface area contributed by atoms with E-state index in [0.717, 1.165) is 28.2 Å². The topological polar surface area (TPSA) is 63.1 Å². The normalized spacial score (nSPS) is 18.4. The smallest absolute Gasteiger partial charge is 0.162 e. The van der Waals surface area contributed by atoms with Crippen molar-refractivity contribution in [1.82, 2.24) is 5.32 Å². The summed E-state index contributed by atoms with van der Waals surface area (Å²) in [5.74, 6) is 1.42. The highest BCUT2D eigenvalue weighted by Gasteiger charge is 2.29. The molecule has 2 atom stereocenters. The highest BCUT2D eigenvalue weighted by atomic mass is 35.5. The first-order valence-corrected chi connectivity index (χ1v) is 10.6. The summed E-state index contributed by atoms with van der Waals surface area (Å²) in [6.07, 6.45) is 0.260. The second-order valence-corrected chi connectivity index (χ2v) is 7.69. The summed E-state index contributed by atoms with van der Waals surface area (Å²) in [6.45, 7) is 2.38. The Kier molecular flexibility index (Phi) is 6.44. The zero-order valence-corrected chi connectivity index (χ0v) is 18.3. The highest BCUT2D eigenvalue weighted by Crippen LogP contribution is 2.39. The summed E-state index contributed by atoms with van der Waals surface area (Å²) in [6, 6.07) is 20.9. The number of para-hydroxylation sites is 1. The Hall–Kier alpha value is -3.02. The number of nitrogens with one attached hydrogen (secondary N) is 1. The van der Waals surface area contributed by atoms with E-state index in [1.807, 2.05) is 67.6 Å². The SMILES string of the molecule is CCOc1cccc([C@@H]2CC(c3ccc(OC)cc3)=N[C@@H](c3ccccc3Cl)N2)c1O. The molecule has 1 aliphatic heterocycles. The maximum Gasteiger partial charge on any atom is 0.162 e. The molecule has 0 radical (unpaired) electrons. The molecule has 0 unspecified atom stereocenters. The summed E-state index contributed by atoms with van der Waals surface area (Å²) in [5, 5.41) is 15.1. The summed E-state index contributed by atoms with van der Waals surface area (Å²) in [4.78, 5) is 4.97. The number of rotatable bonds is 6. The van der Waals surface area contributed by atoms with Crippen LogP contribution in [0.25, 0.3) is 0 Å². The van der Waals surface area contributed by atoms with Gasteiger partial charge in [-0.3, -0.25) is 10.3 Å². The van der Waals surface area contributed by atoms with Gasteiger partial charge in [0.05, 0.1) is 13.7 Å². The van der Waals surface area contributed by atoms with Crippen LogP contribution >= 0.6 is 11.6 Å². The number of hydrogen-bond acceptors (Lipinski definition) is 5. The third kappa shape index (κ3) is 4.53. The van der Waals surface area contributed by atoms with Crippen molar-refractivity contribution in [2.75, 3.05) is 13.7 Å². The van der Waals surface area contributed by atoms with Gasteiger partial charge in [-0.25, -0.2) is 0 Å². The molecule has 0 spiro atoms. The minimum absolute atomic E-state index is 0.149. The van der Waals surface area contributed by atoms with Crippen LogP contribution in [-0.4, -0.2) is 24.5 Å². The predicted molar refractivity (Wildman–Crippen MR) is 123 cm³/mol. The molecule has 0 aliphatic carbocycles. The maximum atomic E-state index is 10.9. The molecule has 0 amide bonds. The van der Waals surface area contributed by atoms with Gasteiger partial charge in [0.25, 0.3) is 0 Å². The molecule has 160 valence electrons. The van der Waals surface area contributed by atoms with Crippen molar-refractivity contribution in [3.05, 3.63) is 88.4 Å². The first kappa shape index (κ1) is 21.2. The van der Waals surface area contributed by atoms with Gasteiger partial charge in [0.2, 0.25) is 0 Å². The van der Waals surface area contributed by atoms with Crippen LogP contribution in [0.5, 0.6) is 17.2 Å². The van der Waals surface area contributed by atoms with Crippen LogP contribution in [0, 0.1) is 0 Å². The standard InChI is InChI=1S/C25H25ClN2O3/c1-3-31-23-10-6-8-19(24(23)29)22-15-21(16-11-13-17(30-2)14-12-16)27-25(28-22)18-7-4-5-9-20(18)26/h4-14,22,25,28-29H,3,15H2,1-2H3/t22-,25+/m0/s1. The monoisotopic (exact) mass is 436 g/mol. The van der Waals surface area contributed by atoms with Crippen molar-refractivity contribution in [3.63, 3.8) is 0 Å². The molecule has 1 heterocycles. The molecule has 0 saturated heterocycles. The molecular weight excluding hydrogens is 412 g/mol. The number of aliphatic imine (C=N–C) groups is 1. The summed E-state index contributed by atoms with van der Waals surface area (Å²) >= 11 is 6.49. The van der Waals surface area contributed by atoms with Crippen LogP contribution in [0.3, 0.4) is 0 Å². The average Bonchev–Trinajstić information content (AvgIpc) is 2.80. The lowest BCUT2D eigenvalue weighted by Gasteiger charge is -2.31. The molecule has 1 aliphatic rings. The highest BCUT2D eigenvalue weighted by molar-refractivity contribution is 6.31. The van der Waals surface area contributed by atoms with Crippen LogP contribution in [-0.2, 0) is 0 Å². The van der Waals surface area contributed by atoms with Gasteiger partial charge in [0.15, 0.2) is 11.5 Å². The van der Waals surface area contributed by atoms with Crippen LogP contribution in [0.2, 0.25) is 5.02 Å². The van der Waals surface area contributed by atoms with Crippen molar-refractivity contribution >= 4 is 17.3 Å². The number of phenolic OH excluding ortho intramolecular Hbond substituents is 1. The van der Waals surface area contributed by atoms with Gasteiger partial charge in [0.1, 0.15) is 11.9 Å². The summed E-state index contributed by atoms with van der Waals surface area (Å²) in [5.41, 5.74) is 3.59. The Bertz CT molecular complexity index is 1080. The molecule has 4 rings (SSSR count). The quantitative estimate of drug-likeness (QED) is 0.522. The minimum atomic E-state index is -0.347. The molecule has 2 N–H and O–H groups in total. The van der Waals surface area contributed by atoms with E-state index < -0.39 is 0 Å². The van der Waals surface area contributed by atoms with Crippen molar-refractivity contribution in [1.29, 1.82) is 0 Å². The molecule has 0 bridgehead atoms. The molecule has 0 fully saturated rings. The van der Waals surface area contributed by atoms with Crippen molar-refractivity contribution < 1.29 is 14.6 Å². The number of ether oxygens (including phenoxy) is 2. The van der Waals surface area contributed by atoms with Crippen LogP contribution in [0.4, 0.5) is 0 Å². The first-order chi connectivity index (χ1) is 15.1. The molecule has 5 nitrogen and oxygen atoms in total. The lowest BCUT2D eigenvalue weighted by atomic mass is 9.93. The number of nitrogens with zero attached hydrogens (tertiary/aromatic N) is 1. The zero-order valence-electron chi connectivity index (χ0n) is 17.5. The first-order valence-electron chi connectivity index (χ1n) is 10.3. The average molecular weight is 437 g/mol. The van der Waals surface area contributed by atoms with E-state index in [9.17, 15) is 5.11 Å². The van der Waals surface area contributed by atoms with E-state index in [-0.39, 0.29) is 18.0 Å². The van der Waals surface area contributed by atoms with Gasteiger partial charge in [-0.15, -0.1) is 0 Å². The van der Waals surface area contributed by atoms with E-state index in [1.54, 1.807) is 13.2 Å². The Labute approximate surface area is 187 Å². The van der Waals surface area contributed by atoms with Gasteiger partial charge >= 0.3 is 0 Å². The number of halogens is 1. The molecule has 3 aromatic carbocycles. The summed E-state index contributed by atoms with van der Waals surface area (Å²) in [7, 11) is 1.65. The number of hydrogen-bond donors (Lipinski definition) is 2. The Morgan fingerprint density at radius 1 is 1.03 bits per heavy atom. The fraction of sp³-hybridized carbons (Fsp3) is 0.240. The van der Waals surface area contributed by atoms with Crippen LogP contribution in [0.15, 0.2) is 71.7 Å². The number of phenols is 1. The van der Waals surface area contributed by atoms with Gasteiger partial charge in [-0.1, -0.05) is 41.9 Å². The number of benzene rings is 3. The minimum Gasteiger partial charge on any atom is -0.504 e. The van der Waals surface area contributed by atoms with Crippen molar-refractivity contribution in [3.8, 4) is 17.2 Å². The van der Waals surface area contributed by atoms with Crippen molar-refractivity contribution in [2.24, 2.45) is 4.99 Å². The lowest BCUT2D eigenvalue weighted by molar-refractivity contribution is 0.313. The Morgan fingerprint density at radius 3 is 2.48 bits per heavy atom. The van der Waals surface area contributed by atoms with E-state index in [0.29, 0.717) is 23.8 Å². The third-order valence-corrected chi connectivity index (χ3v) is 5.71. The summed E-state index contributed by atoms with van der Waals surface area (Å²) < 4.78 is 10.9. The molecule has 0 aromatic heterocycles. The number of aromatic hydroxyl groups is 1. The second kappa shape index (κ2) is 9.41. The fourth-order valence-electron chi connectivity index (χ4n) is 3.81. The van der Waals surface area contributed by atoms with Crippen LogP contribution < -0.4 is 14.8 Å². The van der Waals surface area contributed by atoms with Gasteiger partial charge in [-0.2, -0.15) is 0 Å². The van der Waals surface area contributed by atoms with Crippen molar-refractivity contribution in [2.45, 2.75) is 25.6 Å². The molecule has 31 heavy (non-hydrogen) atoms. The van der Waals surface area contributed by atoms with Crippen LogP contribution in [0.1, 0.15) is 42.2 Å². The van der Waals surface area contributed by atoms with E-state index >= 15 is 0 Å². The second-order valence-electron chi connectivity index (χ2n) is 7.28. The Balaban J connectivity index is 1.76. The van der Waals surface area contributed by atoms with Gasteiger partial charge < -0.3 is 14.6 Å².